The number of rotatable bonds is 8. The number of halogens is 2. The first-order valence-corrected chi connectivity index (χ1v) is 12.5. The lowest BCUT2D eigenvalue weighted by Gasteiger charge is -2.26. The summed E-state index contributed by atoms with van der Waals surface area (Å²) in [6, 6.07) is 10.1. The van der Waals surface area contributed by atoms with Gasteiger partial charge in [-0.1, -0.05) is 37.3 Å². The maximum absolute atomic E-state index is 15.2. The van der Waals surface area contributed by atoms with Gasteiger partial charge in [0, 0.05) is 37.3 Å². The Bertz CT molecular complexity index is 1430. The van der Waals surface area contributed by atoms with E-state index in [2.05, 4.69) is 10.3 Å². The number of carboxylic acids is 1. The number of benzene rings is 1. The van der Waals surface area contributed by atoms with E-state index in [-0.39, 0.29) is 46.5 Å². The van der Waals surface area contributed by atoms with E-state index in [9.17, 15) is 19.5 Å². The number of anilines is 1. The zero-order valence-electron chi connectivity index (χ0n) is 21.0. The summed E-state index contributed by atoms with van der Waals surface area (Å²) >= 11 is 0. The Morgan fingerprint density at radius 1 is 1.29 bits per heavy atom. The first kappa shape index (κ1) is 27.5. The number of carboxylic acid groups (broad SMARTS) is 1. The van der Waals surface area contributed by atoms with Gasteiger partial charge in [-0.05, 0) is 37.3 Å². The number of amides is 1. The molecule has 4 N–H and O–H groups in total. The third-order valence-corrected chi connectivity index (χ3v) is 7.29. The van der Waals surface area contributed by atoms with Gasteiger partial charge in [0.25, 0.3) is 0 Å². The number of hydrogen-bond acceptors (Lipinski definition) is 6. The van der Waals surface area contributed by atoms with Crippen LogP contribution in [-0.4, -0.2) is 52.2 Å². The molecular formula is C27H31ClFN5O4. The SMILES string of the molecule is C[C@@]1(CNC(=O)[C@H](N)Cc2ccccc2)CCN(c2nc3c(cc2F)c(=O)c(C(=O)O)cn3C2CC2)C1.Cl. The number of hydrogen-bond donors (Lipinski definition) is 3. The van der Waals surface area contributed by atoms with Gasteiger partial charge in [0.05, 0.1) is 11.4 Å². The molecule has 0 radical (unpaired) electrons. The molecule has 2 atom stereocenters. The van der Waals surface area contributed by atoms with Crippen LogP contribution in [0.3, 0.4) is 0 Å². The van der Waals surface area contributed by atoms with Crippen LogP contribution >= 0.6 is 12.4 Å². The third kappa shape index (κ3) is 5.51. The number of aromatic carboxylic acids is 1. The molecule has 3 heterocycles. The lowest BCUT2D eigenvalue weighted by molar-refractivity contribution is -0.122. The van der Waals surface area contributed by atoms with E-state index >= 15 is 4.39 Å². The van der Waals surface area contributed by atoms with E-state index in [1.165, 1.54) is 6.20 Å². The summed E-state index contributed by atoms with van der Waals surface area (Å²) in [5, 5.41) is 12.3. The van der Waals surface area contributed by atoms with Crippen LogP contribution in [0.15, 0.2) is 47.4 Å². The first-order chi connectivity index (χ1) is 17.6. The average Bonchev–Trinajstić information content (AvgIpc) is 3.64. The normalized spacial score (nSPS) is 19.7. The summed E-state index contributed by atoms with van der Waals surface area (Å²) < 4.78 is 16.9. The van der Waals surface area contributed by atoms with Crippen molar-refractivity contribution in [3.05, 3.63) is 69.8 Å². The summed E-state index contributed by atoms with van der Waals surface area (Å²) in [5.74, 6) is -2.12. The predicted molar refractivity (Wildman–Crippen MR) is 145 cm³/mol. The Morgan fingerprint density at radius 3 is 2.66 bits per heavy atom. The third-order valence-electron chi connectivity index (χ3n) is 7.29. The van der Waals surface area contributed by atoms with Crippen LogP contribution in [0.2, 0.25) is 0 Å². The van der Waals surface area contributed by atoms with Crippen molar-refractivity contribution in [1.82, 2.24) is 14.9 Å². The van der Waals surface area contributed by atoms with Crippen LogP contribution < -0.4 is 21.4 Å². The van der Waals surface area contributed by atoms with Crippen molar-refractivity contribution in [2.75, 3.05) is 24.5 Å². The molecule has 0 spiro atoms. The smallest absolute Gasteiger partial charge is 0.341 e. The highest BCUT2D eigenvalue weighted by Crippen LogP contribution is 2.38. The number of pyridine rings is 2. The van der Waals surface area contributed by atoms with Crippen molar-refractivity contribution in [2.24, 2.45) is 11.1 Å². The highest BCUT2D eigenvalue weighted by molar-refractivity contribution is 5.92. The van der Waals surface area contributed by atoms with Gasteiger partial charge in [-0.2, -0.15) is 0 Å². The summed E-state index contributed by atoms with van der Waals surface area (Å²) in [5.41, 5.74) is 5.94. The minimum Gasteiger partial charge on any atom is -0.477 e. The number of nitrogens with two attached hydrogens (primary N) is 1. The number of nitrogens with zero attached hydrogens (tertiary/aromatic N) is 3. The van der Waals surface area contributed by atoms with Crippen LogP contribution in [0.1, 0.15) is 48.1 Å². The highest BCUT2D eigenvalue weighted by Gasteiger charge is 2.37. The van der Waals surface area contributed by atoms with Crippen molar-refractivity contribution >= 4 is 41.1 Å². The van der Waals surface area contributed by atoms with Crippen LogP contribution in [0.5, 0.6) is 0 Å². The van der Waals surface area contributed by atoms with Crippen molar-refractivity contribution in [2.45, 2.75) is 44.7 Å². The minimum absolute atomic E-state index is 0. The standard InChI is InChI=1S/C27H30FN5O4.ClH/c1-27(14-30-25(35)21(29)11-16-5-3-2-4-6-16)9-10-32(15-27)24-20(28)12-18-22(34)19(26(36)37)13-33(17-7-8-17)23(18)31-24;/h2-6,12-13,17,21H,7-11,14-15,29H2,1H3,(H,30,35)(H,36,37);1H/t21-,27+;/m1./s1. The molecule has 1 aliphatic carbocycles. The molecular weight excluding hydrogens is 513 g/mol. The van der Waals surface area contributed by atoms with Gasteiger partial charge >= 0.3 is 5.97 Å². The van der Waals surface area contributed by atoms with Gasteiger partial charge in [0.1, 0.15) is 11.2 Å². The quantitative estimate of drug-likeness (QED) is 0.398. The molecule has 9 nitrogen and oxygen atoms in total. The Morgan fingerprint density at radius 2 is 2.00 bits per heavy atom. The fourth-order valence-electron chi connectivity index (χ4n) is 4.98. The van der Waals surface area contributed by atoms with Crippen molar-refractivity contribution < 1.29 is 19.1 Å². The summed E-state index contributed by atoms with van der Waals surface area (Å²) in [7, 11) is 0. The summed E-state index contributed by atoms with van der Waals surface area (Å²) in [4.78, 5) is 43.2. The maximum atomic E-state index is 15.2. The number of aromatic nitrogens is 2. The molecule has 0 unspecified atom stereocenters. The molecule has 3 aromatic rings. The second-order valence-electron chi connectivity index (χ2n) is 10.5. The Balaban J connectivity index is 0.00000336. The van der Waals surface area contributed by atoms with Gasteiger partial charge in [-0.3, -0.25) is 9.59 Å². The first-order valence-electron chi connectivity index (χ1n) is 12.5. The summed E-state index contributed by atoms with van der Waals surface area (Å²) in [6.45, 7) is 3.39. The van der Waals surface area contributed by atoms with Crippen LogP contribution in [0.25, 0.3) is 11.0 Å². The molecule has 5 rings (SSSR count). The predicted octanol–water partition coefficient (Wildman–Crippen LogP) is 2.89. The molecule has 0 bridgehead atoms. The summed E-state index contributed by atoms with van der Waals surface area (Å²) in [6.07, 6.45) is 4.15. The number of fused-ring (bicyclic) bond motifs is 1. The molecule has 2 fully saturated rings. The number of nitrogens with one attached hydrogen (secondary N) is 1. The molecule has 11 heteroatoms. The largest absolute Gasteiger partial charge is 0.477 e. The number of carbonyl (C=O) groups is 2. The van der Waals surface area contributed by atoms with Gasteiger partial charge in [0.2, 0.25) is 11.3 Å². The molecule has 1 saturated carbocycles. The fourth-order valence-corrected chi connectivity index (χ4v) is 4.98. The van der Waals surface area contributed by atoms with Gasteiger partial charge in [-0.25, -0.2) is 14.2 Å². The molecule has 1 amide bonds. The van der Waals surface area contributed by atoms with Gasteiger partial charge < -0.3 is 25.6 Å². The van der Waals surface area contributed by atoms with Gasteiger partial charge in [-0.15, -0.1) is 12.4 Å². The molecule has 2 aromatic heterocycles. The van der Waals surface area contributed by atoms with E-state index in [1.54, 1.807) is 4.57 Å². The molecule has 202 valence electrons. The minimum atomic E-state index is -1.34. The monoisotopic (exact) mass is 543 g/mol. The lowest BCUT2D eigenvalue weighted by Crippen LogP contribution is -2.46. The Labute approximate surface area is 225 Å². The Kier molecular flexibility index (Phi) is 7.75. The molecule has 38 heavy (non-hydrogen) atoms. The second kappa shape index (κ2) is 10.7. The van der Waals surface area contributed by atoms with E-state index in [0.717, 1.165) is 24.5 Å². The Hall–Kier alpha value is -3.50. The molecule has 1 aliphatic heterocycles. The van der Waals surface area contributed by atoms with E-state index in [4.69, 9.17) is 5.73 Å². The number of carbonyl (C=O) groups excluding carboxylic acids is 1. The van der Waals surface area contributed by atoms with E-state index in [0.29, 0.717) is 38.1 Å². The van der Waals surface area contributed by atoms with Crippen molar-refractivity contribution in [3.8, 4) is 0 Å². The lowest BCUT2D eigenvalue weighted by atomic mass is 9.89. The topological polar surface area (TPSA) is 131 Å². The maximum Gasteiger partial charge on any atom is 0.341 e. The second-order valence-corrected chi connectivity index (χ2v) is 10.5. The average molecular weight is 544 g/mol. The van der Waals surface area contributed by atoms with Crippen LogP contribution in [0.4, 0.5) is 10.2 Å². The van der Waals surface area contributed by atoms with Gasteiger partial charge in [0.15, 0.2) is 11.6 Å². The van der Waals surface area contributed by atoms with Crippen LogP contribution in [0, 0.1) is 11.2 Å². The zero-order chi connectivity index (χ0) is 26.3. The molecule has 2 aliphatic rings. The van der Waals surface area contributed by atoms with E-state index < -0.39 is 23.3 Å². The fraction of sp³-hybridized carbons (Fsp3) is 0.407. The van der Waals surface area contributed by atoms with E-state index in [1.807, 2.05) is 42.2 Å². The van der Waals surface area contributed by atoms with Crippen molar-refractivity contribution in [1.29, 1.82) is 0 Å². The molecule has 1 aromatic carbocycles. The highest BCUT2D eigenvalue weighted by atomic mass is 35.5. The zero-order valence-corrected chi connectivity index (χ0v) is 21.8. The van der Waals surface area contributed by atoms with Crippen molar-refractivity contribution in [3.63, 3.8) is 0 Å². The molecule has 1 saturated heterocycles. The van der Waals surface area contributed by atoms with Crippen LogP contribution in [-0.2, 0) is 11.2 Å².